The summed E-state index contributed by atoms with van der Waals surface area (Å²) in [4.78, 5) is 0. The van der Waals surface area contributed by atoms with E-state index in [2.05, 4.69) is 32.9 Å². The molecule has 1 fully saturated rings. The van der Waals surface area contributed by atoms with Gasteiger partial charge in [0.05, 0.1) is 14.2 Å². The van der Waals surface area contributed by atoms with Gasteiger partial charge >= 0.3 is 0 Å². The summed E-state index contributed by atoms with van der Waals surface area (Å²) in [5, 5.41) is 0. The molecule has 0 heterocycles. The minimum atomic E-state index is 0.223. The summed E-state index contributed by atoms with van der Waals surface area (Å²) in [6.45, 7) is 6.99. The van der Waals surface area contributed by atoms with Crippen LogP contribution < -0.4 is 15.2 Å². The Labute approximate surface area is 128 Å². The molecular formula is C18H29NO2. The van der Waals surface area contributed by atoms with Crippen LogP contribution in [0.1, 0.15) is 51.5 Å². The van der Waals surface area contributed by atoms with Gasteiger partial charge in [-0.25, -0.2) is 0 Å². The first-order valence-electron chi connectivity index (χ1n) is 7.83. The zero-order chi connectivity index (χ0) is 15.6. The Balaban J connectivity index is 2.30. The van der Waals surface area contributed by atoms with Crippen LogP contribution in [0, 0.1) is 11.3 Å². The molecule has 0 saturated heterocycles. The molecule has 1 aliphatic rings. The molecule has 3 nitrogen and oxygen atoms in total. The molecule has 3 heteroatoms. The number of rotatable bonds is 3. The van der Waals surface area contributed by atoms with Crippen molar-refractivity contribution in [2.75, 3.05) is 14.2 Å². The van der Waals surface area contributed by atoms with Gasteiger partial charge in [0, 0.05) is 12.1 Å². The Hall–Kier alpha value is -1.22. The van der Waals surface area contributed by atoms with E-state index in [0.29, 0.717) is 17.3 Å². The van der Waals surface area contributed by atoms with Crippen LogP contribution in [0.2, 0.25) is 0 Å². The van der Waals surface area contributed by atoms with Crippen molar-refractivity contribution in [2.45, 2.75) is 52.0 Å². The molecule has 0 amide bonds. The van der Waals surface area contributed by atoms with Gasteiger partial charge in [-0.15, -0.1) is 0 Å². The summed E-state index contributed by atoms with van der Waals surface area (Å²) in [7, 11) is 3.38. The van der Waals surface area contributed by atoms with Crippen LogP contribution in [0.25, 0.3) is 0 Å². The van der Waals surface area contributed by atoms with Crippen molar-refractivity contribution in [3.8, 4) is 11.5 Å². The predicted octanol–water partition coefficient (Wildman–Crippen LogP) is 3.96. The van der Waals surface area contributed by atoms with Gasteiger partial charge in [0.2, 0.25) is 0 Å². The first-order chi connectivity index (χ1) is 9.85. The fraction of sp³-hybridized carbons (Fsp3) is 0.667. The molecule has 1 aliphatic carbocycles. The average molecular weight is 291 g/mol. The molecular weight excluding hydrogens is 262 g/mol. The lowest BCUT2D eigenvalue weighted by molar-refractivity contribution is 0.153. The highest BCUT2D eigenvalue weighted by Gasteiger charge is 2.35. The highest BCUT2D eigenvalue weighted by atomic mass is 16.5. The Morgan fingerprint density at radius 2 is 1.57 bits per heavy atom. The van der Waals surface area contributed by atoms with Crippen molar-refractivity contribution in [3.63, 3.8) is 0 Å². The summed E-state index contributed by atoms with van der Waals surface area (Å²) in [6, 6.07) is 6.36. The lowest BCUT2D eigenvalue weighted by Crippen LogP contribution is -2.38. The van der Waals surface area contributed by atoms with E-state index in [1.165, 1.54) is 12.0 Å². The van der Waals surface area contributed by atoms with Crippen molar-refractivity contribution >= 4 is 0 Å². The topological polar surface area (TPSA) is 44.5 Å². The minimum Gasteiger partial charge on any atom is -0.497 e. The molecule has 3 unspecified atom stereocenters. The van der Waals surface area contributed by atoms with E-state index in [1.54, 1.807) is 14.2 Å². The van der Waals surface area contributed by atoms with Crippen LogP contribution in [0.4, 0.5) is 0 Å². The third-order valence-electron chi connectivity index (χ3n) is 4.93. The van der Waals surface area contributed by atoms with E-state index in [-0.39, 0.29) is 6.04 Å². The Bertz CT molecular complexity index is 456. The van der Waals surface area contributed by atoms with Crippen molar-refractivity contribution in [1.82, 2.24) is 0 Å². The van der Waals surface area contributed by atoms with Gasteiger partial charge in [-0.05, 0) is 54.2 Å². The van der Waals surface area contributed by atoms with E-state index in [0.717, 1.165) is 24.3 Å². The highest BCUT2D eigenvalue weighted by molar-refractivity contribution is 5.40. The molecule has 0 aromatic heterocycles. The van der Waals surface area contributed by atoms with E-state index in [1.807, 2.05) is 6.07 Å². The first kappa shape index (κ1) is 16.2. The average Bonchev–Trinajstić information content (AvgIpc) is 2.45. The number of nitrogens with two attached hydrogens (primary N) is 1. The predicted molar refractivity (Wildman–Crippen MR) is 87.1 cm³/mol. The van der Waals surface area contributed by atoms with Crippen molar-refractivity contribution in [2.24, 2.45) is 17.1 Å². The second-order valence-corrected chi connectivity index (χ2v) is 7.29. The normalized spacial score (nSPS) is 26.5. The van der Waals surface area contributed by atoms with Crippen molar-refractivity contribution in [1.29, 1.82) is 0 Å². The van der Waals surface area contributed by atoms with E-state index in [9.17, 15) is 0 Å². The highest BCUT2D eigenvalue weighted by Crippen LogP contribution is 2.44. The fourth-order valence-corrected chi connectivity index (χ4v) is 3.41. The number of benzene rings is 1. The summed E-state index contributed by atoms with van der Waals surface area (Å²) >= 11 is 0. The van der Waals surface area contributed by atoms with Gasteiger partial charge in [-0.2, -0.15) is 0 Å². The Kier molecular flexibility index (Phi) is 4.82. The minimum absolute atomic E-state index is 0.223. The number of hydrogen-bond donors (Lipinski definition) is 1. The molecule has 1 saturated carbocycles. The SMILES string of the molecule is COc1cc(OC)cc(C2CC(C(C)(C)C)CCC2N)c1. The molecule has 1 aromatic rings. The molecule has 0 radical (unpaired) electrons. The van der Waals surface area contributed by atoms with Crippen LogP contribution in [0.15, 0.2) is 18.2 Å². The lowest BCUT2D eigenvalue weighted by atomic mass is 9.66. The molecule has 1 aromatic carbocycles. The second-order valence-electron chi connectivity index (χ2n) is 7.29. The monoisotopic (exact) mass is 291 g/mol. The summed E-state index contributed by atoms with van der Waals surface area (Å²) in [5.74, 6) is 2.77. The third kappa shape index (κ3) is 3.70. The molecule has 118 valence electrons. The number of ether oxygens (including phenoxy) is 2. The second kappa shape index (κ2) is 6.27. The standard InChI is InChI=1S/C18H29NO2/c1-18(2,3)13-6-7-17(19)16(10-13)12-8-14(20-4)11-15(9-12)21-5/h8-9,11,13,16-17H,6-7,10,19H2,1-5H3. The van der Waals surface area contributed by atoms with E-state index >= 15 is 0 Å². The van der Waals surface area contributed by atoms with E-state index < -0.39 is 0 Å². The molecule has 2 N–H and O–H groups in total. The summed E-state index contributed by atoms with van der Waals surface area (Å²) < 4.78 is 10.8. The van der Waals surface area contributed by atoms with Crippen LogP contribution in [-0.4, -0.2) is 20.3 Å². The van der Waals surface area contributed by atoms with E-state index in [4.69, 9.17) is 15.2 Å². The zero-order valence-electron chi connectivity index (χ0n) is 14.0. The fourth-order valence-electron chi connectivity index (χ4n) is 3.41. The molecule has 2 rings (SSSR count). The van der Waals surface area contributed by atoms with Gasteiger partial charge in [-0.1, -0.05) is 20.8 Å². The molecule has 0 aliphatic heterocycles. The van der Waals surface area contributed by atoms with Gasteiger partial charge in [0.1, 0.15) is 11.5 Å². The van der Waals surface area contributed by atoms with Crippen LogP contribution in [0.5, 0.6) is 11.5 Å². The third-order valence-corrected chi connectivity index (χ3v) is 4.93. The van der Waals surface area contributed by atoms with Crippen molar-refractivity contribution < 1.29 is 9.47 Å². The lowest BCUT2D eigenvalue weighted by Gasteiger charge is -2.41. The largest absolute Gasteiger partial charge is 0.497 e. The zero-order valence-corrected chi connectivity index (χ0v) is 14.0. The maximum Gasteiger partial charge on any atom is 0.122 e. The Morgan fingerprint density at radius 3 is 2.05 bits per heavy atom. The van der Waals surface area contributed by atoms with Crippen molar-refractivity contribution in [3.05, 3.63) is 23.8 Å². The first-order valence-corrected chi connectivity index (χ1v) is 7.83. The molecule has 0 bridgehead atoms. The molecule has 0 spiro atoms. The number of hydrogen-bond acceptors (Lipinski definition) is 3. The van der Waals surface area contributed by atoms with Crippen LogP contribution in [0.3, 0.4) is 0 Å². The quantitative estimate of drug-likeness (QED) is 0.916. The van der Waals surface area contributed by atoms with Gasteiger partial charge in [0.25, 0.3) is 0 Å². The van der Waals surface area contributed by atoms with Crippen LogP contribution >= 0.6 is 0 Å². The van der Waals surface area contributed by atoms with Gasteiger partial charge < -0.3 is 15.2 Å². The van der Waals surface area contributed by atoms with Gasteiger partial charge in [0.15, 0.2) is 0 Å². The summed E-state index contributed by atoms with van der Waals surface area (Å²) in [6.07, 6.45) is 3.45. The molecule has 21 heavy (non-hydrogen) atoms. The smallest absolute Gasteiger partial charge is 0.122 e. The van der Waals surface area contributed by atoms with Gasteiger partial charge in [-0.3, -0.25) is 0 Å². The maximum atomic E-state index is 6.42. The Morgan fingerprint density at radius 1 is 1.00 bits per heavy atom. The van der Waals surface area contributed by atoms with Crippen LogP contribution in [-0.2, 0) is 0 Å². The molecule has 3 atom stereocenters. The maximum absolute atomic E-state index is 6.42. The number of methoxy groups -OCH3 is 2. The summed E-state index contributed by atoms with van der Waals surface area (Å²) in [5.41, 5.74) is 8.00.